The standard InChI is InChI=1S/C21H16ClN5O3/c1-26-19-14(11-23-18(25-19)13-7-3-2-4-8-13)20(29)27(21(26)30)12-17(28)24-16-10-6-5-9-15(16)22/h2-11H,12H2,1H3,(H,24,28). The monoisotopic (exact) mass is 421 g/mol. The molecule has 150 valence electrons. The first-order valence-corrected chi connectivity index (χ1v) is 9.40. The number of para-hydroxylation sites is 1. The Kier molecular flexibility index (Phi) is 5.16. The fraction of sp³-hybridized carbons (Fsp3) is 0.0952. The summed E-state index contributed by atoms with van der Waals surface area (Å²) in [6.45, 7) is -0.465. The summed E-state index contributed by atoms with van der Waals surface area (Å²) in [5.41, 5.74) is 0.0592. The second kappa shape index (κ2) is 7.92. The Balaban J connectivity index is 1.73. The molecule has 0 saturated carbocycles. The summed E-state index contributed by atoms with van der Waals surface area (Å²) in [7, 11) is 1.49. The van der Waals surface area contributed by atoms with Gasteiger partial charge in [-0.2, -0.15) is 0 Å². The van der Waals surface area contributed by atoms with Crippen molar-refractivity contribution in [3.8, 4) is 11.4 Å². The van der Waals surface area contributed by atoms with E-state index in [0.717, 1.165) is 10.1 Å². The molecule has 2 heterocycles. The molecule has 9 heteroatoms. The Labute approximate surface area is 175 Å². The molecule has 0 aliphatic carbocycles. The Morgan fingerprint density at radius 1 is 1.07 bits per heavy atom. The van der Waals surface area contributed by atoms with Gasteiger partial charge in [0.25, 0.3) is 5.56 Å². The van der Waals surface area contributed by atoms with Crippen LogP contribution in [-0.4, -0.2) is 25.0 Å². The van der Waals surface area contributed by atoms with E-state index in [-0.39, 0.29) is 11.0 Å². The second-order valence-corrected chi connectivity index (χ2v) is 6.97. The maximum atomic E-state index is 12.9. The summed E-state index contributed by atoms with van der Waals surface area (Å²) in [6.07, 6.45) is 1.37. The number of fused-ring (bicyclic) bond motifs is 1. The Bertz CT molecular complexity index is 1380. The van der Waals surface area contributed by atoms with Crippen LogP contribution in [0.15, 0.2) is 70.4 Å². The predicted molar refractivity (Wildman–Crippen MR) is 115 cm³/mol. The number of halogens is 1. The third-order valence-electron chi connectivity index (χ3n) is 4.56. The fourth-order valence-electron chi connectivity index (χ4n) is 3.04. The molecule has 4 rings (SSSR count). The maximum Gasteiger partial charge on any atom is 0.332 e. The zero-order valence-electron chi connectivity index (χ0n) is 15.9. The van der Waals surface area contributed by atoms with Crippen molar-refractivity contribution in [3.63, 3.8) is 0 Å². The molecule has 0 unspecified atom stereocenters. The van der Waals surface area contributed by atoms with Gasteiger partial charge >= 0.3 is 5.69 Å². The molecule has 30 heavy (non-hydrogen) atoms. The van der Waals surface area contributed by atoms with Crippen molar-refractivity contribution in [1.82, 2.24) is 19.1 Å². The lowest BCUT2D eigenvalue weighted by Gasteiger charge is -2.11. The van der Waals surface area contributed by atoms with Crippen LogP contribution in [0.4, 0.5) is 5.69 Å². The Morgan fingerprint density at radius 2 is 1.77 bits per heavy atom. The normalized spacial score (nSPS) is 10.9. The van der Waals surface area contributed by atoms with Gasteiger partial charge in [-0.15, -0.1) is 0 Å². The smallest absolute Gasteiger partial charge is 0.323 e. The van der Waals surface area contributed by atoms with Gasteiger partial charge in [0.15, 0.2) is 11.5 Å². The molecule has 0 aliphatic heterocycles. The van der Waals surface area contributed by atoms with Crippen molar-refractivity contribution in [3.05, 3.63) is 86.7 Å². The number of anilines is 1. The average molecular weight is 422 g/mol. The molecule has 2 aromatic carbocycles. The van der Waals surface area contributed by atoms with Crippen molar-refractivity contribution < 1.29 is 4.79 Å². The highest BCUT2D eigenvalue weighted by Crippen LogP contribution is 2.20. The van der Waals surface area contributed by atoms with Gasteiger partial charge in [-0.1, -0.05) is 54.1 Å². The van der Waals surface area contributed by atoms with Gasteiger partial charge in [0.2, 0.25) is 5.91 Å². The number of rotatable bonds is 4. The second-order valence-electron chi connectivity index (χ2n) is 6.56. The lowest BCUT2D eigenvalue weighted by atomic mass is 10.2. The van der Waals surface area contributed by atoms with Crippen LogP contribution < -0.4 is 16.6 Å². The predicted octanol–water partition coefficient (Wildman–Crippen LogP) is 2.45. The minimum atomic E-state index is -0.653. The minimum Gasteiger partial charge on any atom is -0.323 e. The Hall–Kier alpha value is -3.78. The molecule has 4 aromatic rings. The number of nitrogens with zero attached hydrogens (tertiary/aromatic N) is 4. The van der Waals surface area contributed by atoms with Crippen LogP contribution >= 0.6 is 11.6 Å². The number of hydrogen-bond acceptors (Lipinski definition) is 5. The van der Waals surface area contributed by atoms with E-state index in [1.165, 1.54) is 17.8 Å². The number of nitrogens with one attached hydrogen (secondary N) is 1. The topological polar surface area (TPSA) is 98.9 Å². The van der Waals surface area contributed by atoms with Gasteiger partial charge in [0, 0.05) is 18.8 Å². The molecule has 0 aliphatic rings. The molecule has 2 aromatic heterocycles. The summed E-state index contributed by atoms with van der Waals surface area (Å²) >= 11 is 6.04. The fourth-order valence-corrected chi connectivity index (χ4v) is 3.23. The highest BCUT2D eigenvalue weighted by atomic mass is 35.5. The van der Waals surface area contributed by atoms with Crippen molar-refractivity contribution in [2.75, 3.05) is 5.32 Å². The third-order valence-corrected chi connectivity index (χ3v) is 4.89. The summed E-state index contributed by atoms with van der Waals surface area (Å²) in [6, 6.07) is 15.9. The van der Waals surface area contributed by atoms with Crippen LogP contribution in [0, 0.1) is 0 Å². The van der Waals surface area contributed by atoms with Gasteiger partial charge in [0.1, 0.15) is 11.9 Å². The molecule has 0 bridgehead atoms. The van der Waals surface area contributed by atoms with E-state index < -0.39 is 23.7 Å². The number of amides is 1. The quantitative estimate of drug-likeness (QED) is 0.545. The van der Waals surface area contributed by atoms with E-state index >= 15 is 0 Å². The first kappa shape index (κ1) is 19.5. The number of aryl methyl sites for hydroxylation is 1. The van der Waals surface area contributed by atoms with Crippen LogP contribution in [0.5, 0.6) is 0 Å². The van der Waals surface area contributed by atoms with Crippen LogP contribution in [0.1, 0.15) is 0 Å². The van der Waals surface area contributed by atoms with Crippen molar-refractivity contribution in [2.45, 2.75) is 6.54 Å². The van der Waals surface area contributed by atoms with Crippen LogP contribution in [0.2, 0.25) is 5.02 Å². The first-order chi connectivity index (χ1) is 14.5. The van der Waals surface area contributed by atoms with Gasteiger partial charge in [-0.3, -0.25) is 18.7 Å². The molecule has 1 amide bonds. The number of aromatic nitrogens is 4. The summed E-state index contributed by atoms with van der Waals surface area (Å²) < 4.78 is 2.08. The van der Waals surface area contributed by atoms with Crippen molar-refractivity contribution >= 4 is 34.2 Å². The van der Waals surface area contributed by atoms with Gasteiger partial charge in [-0.05, 0) is 12.1 Å². The number of hydrogen-bond donors (Lipinski definition) is 1. The maximum absolute atomic E-state index is 12.9. The summed E-state index contributed by atoms with van der Waals surface area (Å²) in [4.78, 5) is 46.7. The van der Waals surface area contributed by atoms with Crippen LogP contribution in [0.3, 0.4) is 0 Å². The zero-order valence-corrected chi connectivity index (χ0v) is 16.6. The van der Waals surface area contributed by atoms with E-state index in [1.807, 2.05) is 30.3 Å². The molecule has 0 spiro atoms. The molecular weight excluding hydrogens is 406 g/mol. The van der Waals surface area contributed by atoms with E-state index in [4.69, 9.17) is 11.6 Å². The van der Waals surface area contributed by atoms with E-state index in [0.29, 0.717) is 16.5 Å². The largest absolute Gasteiger partial charge is 0.332 e. The lowest BCUT2D eigenvalue weighted by Crippen LogP contribution is -2.42. The van der Waals surface area contributed by atoms with E-state index in [1.54, 1.807) is 24.3 Å². The molecule has 8 nitrogen and oxygen atoms in total. The van der Waals surface area contributed by atoms with Crippen LogP contribution in [-0.2, 0) is 18.4 Å². The highest BCUT2D eigenvalue weighted by molar-refractivity contribution is 6.33. The van der Waals surface area contributed by atoms with E-state index in [9.17, 15) is 14.4 Å². The Morgan fingerprint density at radius 3 is 2.50 bits per heavy atom. The molecule has 0 atom stereocenters. The molecule has 0 saturated heterocycles. The molecular formula is C21H16ClN5O3. The number of carbonyl (C=O) groups excluding carboxylic acids is 1. The molecule has 1 N–H and O–H groups in total. The summed E-state index contributed by atoms with van der Waals surface area (Å²) in [5, 5.41) is 3.10. The zero-order chi connectivity index (χ0) is 21.3. The van der Waals surface area contributed by atoms with Crippen molar-refractivity contribution in [1.29, 1.82) is 0 Å². The third kappa shape index (κ3) is 3.60. The highest BCUT2D eigenvalue weighted by Gasteiger charge is 2.16. The minimum absolute atomic E-state index is 0.141. The average Bonchev–Trinajstić information content (AvgIpc) is 2.77. The number of benzene rings is 2. The lowest BCUT2D eigenvalue weighted by molar-refractivity contribution is -0.116. The van der Waals surface area contributed by atoms with Gasteiger partial charge < -0.3 is 5.32 Å². The summed E-state index contributed by atoms with van der Waals surface area (Å²) in [5.74, 6) is -0.157. The van der Waals surface area contributed by atoms with Gasteiger partial charge in [-0.25, -0.2) is 14.8 Å². The van der Waals surface area contributed by atoms with Crippen LogP contribution in [0.25, 0.3) is 22.4 Å². The molecule has 0 radical (unpaired) electrons. The van der Waals surface area contributed by atoms with Crippen molar-refractivity contribution in [2.24, 2.45) is 7.05 Å². The van der Waals surface area contributed by atoms with E-state index in [2.05, 4.69) is 15.3 Å². The van der Waals surface area contributed by atoms with Gasteiger partial charge in [0.05, 0.1) is 10.7 Å². The SMILES string of the molecule is Cn1c(=O)n(CC(=O)Nc2ccccc2Cl)c(=O)c2cnc(-c3ccccc3)nc21. The first-order valence-electron chi connectivity index (χ1n) is 9.02. The molecule has 0 fully saturated rings. The number of carbonyl (C=O) groups is 1.